The predicted octanol–water partition coefficient (Wildman–Crippen LogP) is 5.29. The second kappa shape index (κ2) is 9.34. The van der Waals surface area contributed by atoms with Crippen molar-refractivity contribution in [3.63, 3.8) is 0 Å². The standard InChI is InChI=1S/C25H26Cl2N4O2/c1-3-4-5-10-30-15-22(18-8-6-17(14-28)7-9-18)25(16-30)23(32)31(24(33)29(25)2)21-12-19(26)11-20(27)13-21/h6-9,11-13,22H,3-5,10,15-16H2,1-2H3/t22-,25+/m0/s1. The molecule has 0 saturated carbocycles. The van der Waals surface area contributed by atoms with Crippen LogP contribution < -0.4 is 4.90 Å². The maximum atomic E-state index is 14.1. The number of urea groups is 1. The molecule has 0 aliphatic carbocycles. The molecule has 0 N–H and O–H groups in total. The molecule has 2 aliphatic heterocycles. The molecule has 0 unspecified atom stereocenters. The minimum Gasteiger partial charge on any atom is -0.310 e. The Balaban J connectivity index is 1.76. The monoisotopic (exact) mass is 484 g/mol. The number of likely N-dealkylation sites (N-methyl/N-ethyl adjacent to an activating group) is 1. The Bertz CT molecular complexity index is 1090. The van der Waals surface area contributed by atoms with E-state index in [4.69, 9.17) is 23.2 Å². The molecule has 2 aliphatic rings. The van der Waals surface area contributed by atoms with Gasteiger partial charge >= 0.3 is 6.03 Å². The second-order valence-corrected chi connectivity index (χ2v) is 9.64. The lowest BCUT2D eigenvalue weighted by Crippen LogP contribution is -2.53. The molecule has 8 heteroatoms. The number of hydrogen-bond donors (Lipinski definition) is 0. The summed E-state index contributed by atoms with van der Waals surface area (Å²) in [7, 11) is 1.69. The molecule has 6 nitrogen and oxygen atoms in total. The zero-order chi connectivity index (χ0) is 23.8. The maximum Gasteiger partial charge on any atom is 0.332 e. The van der Waals surface area contributed by atoms with Gasteiger partial charge in [0.2, 0.25) is 0 Å². The van der Waals surface area contributed by atoms with Crippen molar-refractivity contribution >= 4 is 40.8 Å². The number of imide groups is 1. The molecule has 3 amide bonds. The molecule has 0 aromatic heterocycles. The molecule has 2 aromatic carbocycles. The Kier molecular flexibility index (Phi) is 6.67. The van der Waals surface area contributed by atoms with Gasteiger partial charge in [-0.1, -0.05) is 55.1 Å². The van der Waals surface area contributed by atoms with Crippen LogP contribution in [0.25, 0.3) is 0 Å². The van der Waals surface area contributed by atoms with E-state index in [9.17, 15) is 14.9 Å². The van der Waals surface area contributed by atoms with E-state index in [2.05, 4.69) is 17.9 Å². The number of likely N-dealkylation sites (tertiary alicyclic amines) is 1. The van der Waals surface area contributed by atoms with Crippen LogP contribution in [0.1, 0.15) is 43.2 Å². The first-order valence-electron chi connectivity index (χ1n) is 11.1. The molecule has 33 heavy (non-hydrogen) atoms. The Morgan fingerprint density at radius 3 is 2.36 bits per heavy atom. The molecular weight excluding hydrogens is 459 g/mol. The van der Waals surface area contributed by atoms with Crippen molar-refractivity contribution in [1.82, 2.24) is 9.80 Å². The van der Waals surface area contributed by atoms with Crippen LogP contribution in [-0.2, 0) is 4.79 Å². The van der Waals surface area contributed by atoms with Gasteiger partial charge in [0, 0.05) is 36.1 Å². The Morgan fingerprint density at radius 2 is 1.76 bits per heavy atom. The zero-order valence-electron chi connectivity index (χ0n) is 18.7. The van der Waals surface area contributed by atoms with Crippen molar-refractivity contribution in [2.24, 2.45) is 0 Å². The highest BCUT2D eigenvalue weighted by Gasteiger charge is 2.64. The van der Waals surface area contributed by atoms with Crippen molar-refractivity contribution in [2.75, 3.05) is 31.6 Å². The van der Waals surface area contributed by atoms with Gasteiger partial charge in [-0.05, 0) is 48.9 Å². The highest BCUT2D eigenvalue weighted by Crippen LogP contribution is 2.46. The van der Waals surface area contributed by atoms with E-state index in [1.165, 1.54) is 4.90 Å². The first kappa shape index (κ1) is 23.6. The highest BCUT2D eigenvalue weighted by molar-refractivity contribution is 6.35. The van der Waals surface area contributed by atoms with Crippen LogP contribution in [0.5, 0.6) is 0 Å². The topological polar surface area (TPSA) is 67.6 Å². The predicted molar refractivity (Wildman–Crippen MR) is 130 cm³/mol. The van der Waals surface area contributed by atoms with Gasteiger partial charge in [-0.15, -0.1) is 0 Å². The number of halogens is 2. The number of nitrogens with zero attached hydrogens (tertiary/aromatic N) is 4. The van der Waals surface area contributed by atoms with Gasteiger partial charge in [0.05, 0.1) is 17.3 Å². The summed E-state index contributed by atoms with van der Waals surface area (Å²) in [4.78, 5) is 32.5. The maximum absolute atomic E-state index is 14.1. The van der Waals surface area contributed by atoms with Crippen LogP contribution in [-0.4, -0.2) is 54.0 Å². The fraction of sp³-hybridized carbons (Fsp3) is 0.400. The van der Waals surface area contributed by atoms with Gasteiger partial charge in [0.1, 0.15) is 5.54 Å². The van der Waals surface area contributed by atoms with E-state index in [0.29, 0.717) is 34.4 Å². The number of unbranched alkanes of at least 4 members (excludes halogenated alkanes) is 2. The fourth-order valence-electron chi connectivity index (χ4n) is 5.05. The van der Waals surface area contributed by atoms with E-state index >= 15 is 0 Å². The summed E-state index contributed by atoms with van der Waals surface area (Å²) in [5, 5.41) is 9.91. The second-order valence-electron chi connectivity index (χ2n) is 8.76. The Labute approximate surface area is 204 Å². The summed E-state index contributed by atoms with van der Waals surface area (Å²) in [6.45, 7) is 4.13. The average Bonchev–Trinajstić information content (AvgIpc) is 3.26. The van der Waals surface area contributed by atoms with Gasteiger partial charge in [-0.25, -0.2) is 9.69 Å². The van der Waals surface area contributed by atoms with Crippen molar-refractivity contribution in [1.29, 1.82) is 5.26 Å². The molecule has 172 valence electrons. The van der Waals surface area contributed by atoms with E-state index < -0.39 is 11.6 Å². The van der Waals surface area contributed by atoms with Crippen LogP contribution in [0.2, 0.25) is 10.0 Å². The smallest absolute Gasteiger partial charge is 0.310 e. The first-order valence-corrected chi connectivity index (χ1v) is 11.9. The van der Waals surface area contributed by atoms with E-state index in [0.717, 1.165) is 31.4 Å². The van der Waals surface area contributed by atoms with Gasteiger partial charge in [0.25, 0.3) is 5.91 Å². The van der Waals surface area contributed by atoms with Gasteiger partial charge < -0.3 is 4.90 Å². The molecule has 1 spiro atoms. The number of carbonyl (C=O) groups is 2. The summed E-state index contributed by atoms with van der Waals surface area (Å²) >= 11 is 12.4. The summed E-state index contributed by atoms with van der Waals surface area (Å²) in [5.41, 5.74) is 0.815. The van der Waals surface area contributed by atoms with Crippen molar-refractivity contribution < 1.29 is 9.59 Å². The van der Waals surface area contributed by atoms with Gasteiger partial charge in [0.15, 0.2) is 0 Å². The summed E-state index contributed by atoms with van der Waals surface area (Å²) in [6, 6.07) is 13.8. The highest BCUT2D eigenvalue weighted by atomic mass is 35.5. The first-order chi connectivity index (χ1) is 15.8. The molecule has 2 saturated heterocycles. The number of nitriles is 1. The molecule has 4 rings (SSSR count). The van der Waals surface area contributed by atoms with Crippen molar-refractivity contribution in [3.05, 3.63) is 63.6 Å². The third-order valence-corrected chi connectivity index (χ3v) is 7.19. The number of anilines is 1. The lowest BCUT2D eigenvalue weighted by atomic mass is 9.80. The van der Waals surface area contributed by atoms with E-state index in [-0.39, 0.29) is 11.8 Å². The third kappa shape index (κ3) is 4.10. The Hall–Kier alpha value is -2.59. The van der Waals surface area contributed by atoms with Crippen LogP contribution in [0.3, 0.4) is 0 Å². The zero-order valence-corrected chi connectivity index (χ0v) is 20.2. The summed E-state index contributed by atoms with van der Waals surface area (Å²) < 4.78 is 0. The number of benzene rings is 2. The SMILES string of the molecule is CCCCCN1C[C@@H](c2ccc(C#N)cc2)[C@]2(C1)C(=O)N(c1cc(Cl)cc(Cl)c1)C(=O)N2C. The van der Waals surface area contributed by atoms with Gasteiger partial charge in [-0.2, -0.15) is 5.26 Å². The minimum atomic E-state index is -1.05. The van der Waals surface area contributed by atoms with Crippen LogP contribution in [0, 0.1) is 11.3 Å². The molecule has 0 radical (unpaired) electrons. The lowest BCUT2D eigenvalue weighted by molar-refractivity contribution is -0.124. The molecule has 2 aromatic rings. The lowest BCUT2D eigenvalue weighted by Gasteiger charge is -2.34. The number of hydrogen-bond acceptors (Lipinski definition) is 4. The molecule has 0 bridgehead atoms. The summed E-state index contributed by atoms with van der Waals surface area (Å²) in [5.74, 6) is -0.506. The molecule has 2 atom stereocenters. The molecular formula is C25H26Cl2N4O2. The van der Waals surface area contributed by atoms with Gasteiger partial charge in [-0.3, -0.25) is 9.69 Å². The number of amides is 3. The van der Waals surface area contributed by atoms with Crippen molar-refractivity contribution in [2.45, 2.75) is 37.6 Å². The molecule has 2 fully saturated rings. The minimum absolute atomic E-state index is 0.229. The number of rotatable bonds is 6. The normalized spacial score (nSPS) is 23.1. The van der Waals surface area contributed by atoms with E-state index in [1.54, 1.807) is 42.3 Å². The average molecular weight is 485 g/mol. The van der Waals surface area contributed by atoms with Crippen LogP contribution >= 0.6 is 23.2 Å². The third-order valence-electron chi connectivity index (χ3n) is 6.76. The largest absolute Gasteiger partial charge is 0.332 e. The van der Waals surface area contributed by atoms with E-state index in [1.807, 2.05) is 12.1 Å². The fourth-order valence-corrected chi connectivity index (χ4v) is 5.56. The summed E-state index contributed by atoms with van der Waals surface area (Å²) in [6.07, 6.45) is 3.26. The van der Waals surface area contributed by atoms with Crippen molar-refractivity contribution in [3.8, 4) is 6.07 Å². The molecule has 2 heterocycles. The quantitative estimate of drug-likeness (QED) is 0.412. The van der Waals surface area contributed by atoms with Crippen LogP contribution in [0.15, 0.2) is 42.5 Å². The van der Waals surface area contributed by atoms with Crippen LogP contribution in [0.4, 0.5) is 10.5 Å². The number of carbonyl (C=O) groups excluding carboxylic acids is 2. The Morgan fingerprint density at radius 1 is 1.09 bits per heavy atom.